The maximum Gasteiger partial charge on any atom is 0.289 e. The lowest BCUT2D eigenvalue weighted by molar-refractivity contribution is 0.0605. The summed E-state index contributed by atoms with van der Waals surface area (Å²) in [6.45, 7) is 0.772. The second-order valence-corrected chi connectivity index (χ2v) is 5.00. The predicted octanol–water partition coefficient (Wildman–Crippen LogP) is 3.28. The van der Waals surface area contributed by atoms with Gasteiger partial charge in [0.1, 0.15) is 0 Å². The molecule has 0 bridgehead atoms. The van der Waals surface area contributed by atoms with E-state index in [0.717, 1.165) is 25.8 Å². The van der Waals surface area contributed by atoms with Gasteiger partial charge in [0, 0.05) is 18.5 Å². The van der Waals surface area contributed by atoms with Crippen molar-refractivity contribution in [3.63, 3.8) is 0 Å². The van der Waals surface area contributed by atoms with E-state index < -0.39 is 0 Å². The van der Waals surface area contributed by atoms with Crippen LogP contribution in [0.2, 0.25) is 0 Å². The Morgan fingerprint density at radius 3 is 3.00 bits per heavy atom. The number of hydrogen-bond donors (Lipinski definition) is 0. The molecule has 16 heavy (non-hydrogen) atoms. The highest BCUT2D eigenvalue weighted by Gasteiger charge is 2.28. The van der Waals surface area contributed by atoms with Gasteiger partial charge in [-0.2, -0.15) is 0 Å². The van der Waals surface area contributed by atoms with Crippen LogP contribution in [0.25, 0.3) is 0 Å². The van der Waals surface area contributed by atoms with E-state index in [0.29, 0.717) is 16.3 Å². The number of hydrogen-bond acceptors (Lipinski definition) is 2. The molecule has 2 heterocycles. The summed E-state index contributed by atoms with van der Waals surface area (Å²) < 4.78 is 5.85. The van der Waals surface area contributed by atoms with E-state index in [1.807, 2.05) is 4.90 Å². The minimum atomic E-state index is -0.0592. The molecule has 1 aromatic heterocycles. The van der Waals surface area contributed by atoms with Crippen molar-refractivity contribution >= 4 is 33.4 Å². The Labute approximate surface area is 108 Å². The summed E-state index contributed by atoms with van der Waals surface area (Å²) >= 11 is 9.07. The highest BCUT2D eigenvalue weighted by atomic mass is 79.9. The Bertz CT molecular complexity index is 380. The number of carbonyl (C=O) groups is 1. The number of nitrogens with zero attached hydrogens (tertiary/aromatic N) is 1. The largest absolute Gasteiger partial charge is 0.444 e. The zero-order valence-electron chi connectivity index (χ0n) is 8.79. The molecule has 1 saturated heterocycles. The first-order chi connectivity index (χ1) is 7.72. The standard InChI is InChI=1S/C11H13BrClNO2/c12-10-5-4-9(16-10)11(15)14-6-2-1-3-8(14)7-13/h4-5,8H,1-3,6-7H2. The second kappa shape index (κ2) is 5.23. The Kier molecular flexibility index (Phi) is 3.92. The van der Waals surface area contributed by atoms with Crippen molar-refractivity contribution in [1.29, 1.82) is 0 Å². The molecule has 1 amide bonds. The summed E-state index contributed by atoms with van der Waals surface area (Å²) in [7, 11) is 0. The van der Waals surface area contributed by atoms with Crippen LogP contribution in [0, 0.1) is 0 Å². The Morgan fingerprint density at radius 2 is 2.38 bits per heavy atom. The first-order valence-corrected chi connectivity index (χ1v) is 6.67. The summed E-state index contributed by atoms with van der Waals surface area (Å²) in [5.41, 5.74) is 0. The third-order valence-electron chi connectivity index (χ3n) is 2.85. The van der Waals surface area contributed by atoms with Gasteiger partial charge in [-0.25, -0.2) is 0 Å². The molecule has 0 N–H and O–H groups in total. The molecule has 2 rings (SSSR count). The van der Waals surface area contributed by atoms with Crippen LogP contribution in [0.1, 0.15) is 29.8 Å². The number of carbonyl (C=O) groups excluding carboxylic acids is 1. The zero-order chi connectivity index (χ0) is 11.5. The van der Waals surface area contributed by atoms with E-state index in [1.54, 1.807) is 12.1 Å². The van der Waals surface area contributed by atoms with Crippen molar-refractivity contribution in [3.05, 3.63) is 22.6 Å². The fourth-order valence-electron chi connectivity index (χ4n) is 2.00. The molecular weight excluding hydrogens is 293 g/mol. The monoisotopic (exact) mass is 305 g/mol. The molecule has 0 aromatic carbocycles. The molecule has 0 saturated carbocycles. The van der Waals surface area contributed by atoms with Gasteiger partial charge in [-0.1, -0.05) is 0 Å². The molecule has 1 unspecified atom stereocenters. The van der Waals surface area contributed by atoms with Gasteiger partial charge < -0.3 is 9.32 Å². The minimum Gasteiger partial charge on any atom is -0.444 e. The van der Waals surface area contributed by atoms with Crippen molar-refractivity contribution in [1.82, 2.24) is 4.90 Å². The van der Waals surface area contributed by atoms with Gasteiger partial charge in [0.2, 0.25) is 0 Å². The van der Waals surface area contributed by atoms with Gasteiger partial charge in [0.05, 0.1) is 0 Å². The smallest absolute Gasteiger partial charge is 0.289 e. The molecule has 1 atom stereocenters. The van der Waals surface area contributed by atoms with Crippen molar-refractivity contribution < 1.29 is 9.21 Å². The van der Waals surface area contributed by atoms with Crippen LogP contribution < -0.4 is 0 Å². The Balaban J connectivity index is 2.13. The van der Waals surface area contributed by atoms with Crippen molar-refractivity contribution in [3.8, 4) is 0 Å². The van der Waals surface area contributed by atoms with Crippen LogP contribution in [0.15, 0.2) is 21.2 Å². The number of rotatable bonds is 2. The molecule has 5 heteroatoms. The Morgan fingerprint density at radius 1 is 1.56 bits per heavy atom. The molecule has 0 spiro atoms. The molecule has 1 aromatic rings. The maximum absolute atomic E-state index is 12.1. The summed E-state index contributed by atoms with van der Waals surface area (Å²) in [4.78, 5) is 14.0. The fraction of sp³-hybridized carbons (Fsp3) is 0.545. The van der Waals surface area contributed by atoms with Crippen molar-refractivity contribution in [2.24, 2.45) is 0 Å². The SMILES string of the molecule is O=C(c1ccc(Br)o1)N1CCCCC1CCl. The van der Waals surface area contributed by atoms with E-state index in [9.17, 15) is 4.79 Å². The van der Waals surface area contributed by atoms with Gasteiger partial charge in [0.25, 0.3) is 5.91 Å². The third-order valence-corrected chi connectivity index (χ3v) is 3.63. The first-order valence-electron chi connectivity index (χ1n) is 5.34. The number of halogens is 2. The topological polar surface area (TPSA) is 33.5 Å². The van der Waals surface area contributed by atoms with E-state index in [1.165, 1.54) is 0 Å². The highest BCUT2D eigenvalue weighted by molar-refractivity contribution is 9.10. The van der Waals surface area contributed by atoms with Gasteiger partial charge in [0.15, 0.2) is 10.4 Å². The second-order valence-electron chi connectivity index (χ2n) is 3.91. The highest BCUT2D eigenvalue weighted by Crippen LogP contribution is 2.22. The predicted molar refractivity (Wildman–Crippen MR) is 65.8 cm³/mol. The number of amides is 1. The Hall–Kier alpha value is -0.480. The molecule has 0 aliphatic carbocycles. The average Bonchev–Trinajstić information content (AvgIpc) is 2.75. The normalized spacial score (nSPS) is 21.1. The molecule has 1 aliphatic heterocycles. The molecule has 88 valence electrons. The van der Waals surface area contributed by atoms with Gasteiger partial charge in [-0.3, -0.25) is 4.79 Å². The molecular formula is C11H13BrClNO2. The lowest BCUT2D eigenvalue weighted by Crippen LogP contribution is -2.44. The minimum absolute atomic E-state index is 0.0592. The lowest BCUT2D eigenvalue weighted by atomic mass is 10.0. The number of likely N-dealkylation sites (tertiary alicyclic amines) is 1. The van der Waals surface area contributed by atoms with E-state index in [4.69, 9.17) is 16.0 Å². The van der Waals surface area contributed by atoms with Crippen LogP contribution in [-0.2, 0) is 0 Å². The van der Waals surface area contributed by atoms with Crippen LogP contribution in [0.5, 0.6) is 0 Å². The summed E-state index contributed by atoms with van der Waals surface area (Å²) in [6, 6.07) is 3.56. The fourth-order valence-corrected chi connectivity index (χ4v) is 2.63. The summed E-state index contributed by atoms with van der Waals surface area (Å²) in [6.07, 6.45) is 3.17. The zero-order valence-corrected chi connectivity index (χ0v) is 11.1. The van der Waals surface area contributed by atoms with Gasteiger partial charge in [-0.05, 0) is 47.3 Å². The third kappa shape index (κ3) is 2.43. The van der Waals surface area contributed by atoms with Crippen LogP contribution in [0.3, 0.4) is 0 Å². The number of piperidine rings is 1. The van der Waals surface area contributed by atoms with E-state index >= 15 is 0 Å². The van der Waals surface area contributed by atoms with Crippen LogP contribution >= 0.6 is 27.5 Å². The van der Waals surface area contributed by atoms with Crippen molar-refractivity contribution in [2.45, 2.75) is 25.3 Å². The van der Waals surface area contributed by atoms with Gasteiger partial charge >= 0.3 is 0 Å². The quantitative estimate of drug-likeness (QED) is 0.786. The lowest BCUT2D eigenvalue weighted by Gasteiger charge is -2.33. The van der Waals surface area contributed by atoms with Crippen molar-refractivity contribution in [2.75, 3.05) is 12.4 Å². The molecule has 0 radical (unpaired) electrons. The molecule has 1 fully saturated rings. The maximum atomic E-state index is 12.1. The number of alkyl halides is 1. The van der Waals surface area contributed by atoms with E-state index in [2.05, 4.69) is 15.9 Å². The average molecular weight is 307 g/mol. The first kappa shape index (κ1) is 12.0. The van der Waals surface area contributed by atoms with E-state index in [-0.39, 0.29) is 11.9 Å². The van der Waals surface area contributed by atoms with Crippen LogP contribution in [0.4, 0.5) is 0 Å². The summed E-state index contributed by atoms with van der Waals surface area (Å²) in [5.74, 6) is 0.813. The molecule has 3 nitrogen and oxygen atoms in total. The summed E-state index contributed by atoms with van der Waals surface area (Å²) in [5, 5.41) is 0. The van der Waals surface area contributed by atoms with Gasteiger partial charge in [-0.15, -0.1) is 11.6 Å². The van der Waals surface area contributed by atoms with Crippen LogP contribution in [-0.4, -0.2) is 29.3 Å². The molecule has 1 aliphatic rings. The number of furan rings is 1.